The summed E-state index contributed by atoms with van der Waals surface area (Å²) in [4.78, 5) is 0. The number of hydrogen-bond donors (Lipinski definition) is 2. The zero-order valence-electron chi connectivity index (χ0n) is 7.90. The summed E-state index contributed by atoms with van der Waals surface area (Å²) in [6, 6.07) is 0.173. The Balaban J connectivity index is 2.60. The average Bonchev–Trinajstić information content (AvgIpc) is 2.54. The molecule has 0 aliphatic heterocycles. The molecule has 0 amide bonds. The Bertz CT molecular complexity index is 266. The number of nitrogens with one attached hydrogen (secondary N) is 1. The van der Waals surface area contributed by atoms with E-state index in [-0.39, 0.29) is 6.04 Å². The van der Waals surface area contributed by atoms with Gasteiger partial charge in [0.15, 0.2) is 0 Å². The molecule has 13 heavy (non-hydrogen) atoms. The molecule has 0 saturated carbocycles. The summed E-state index contributed by atoms with van der Waals surface area (Å²) < 4.78 is 1.77. The van der Waals surface area contributed by atoms with Crippen LogP contribution in [0.4, 0.5) is 0 Å². The summed E-state index contributed by atoms with van der Waals surface area (Å²) >= 11 is 0. The first-order valence-electron chi connectivity index (χ1n) is 4.30. The number of hydrogen-bond acceptors (Lipinski definition) is 3. The minimum Gasteiger partial charge on any atom is -0.329 e. The average molecular weight is 180 g/mol. The van der Waals surface area contributed by atoms with Crippen LogP contribution in [0.3, 0.4) is 0 Å². The maximum atomic E-state index is 5.62. The lowest BCUT2D eigenvalue weighted by Crippen LogP contribution is -2.27. The van der Waals surface area contributed by atoms with E-state index in [0.29, 0.717) is 6.54 Å². The van der Waals surface area contributed by atoms with Crippen molar-refractivity contribution in [3.8, 4) is 0 Å². The third kappa shape index (κ3) is 2.68. The van der Waals surface area contributed by atoms with Crippen molar-refractivity contribution in [2.45, 2.75) is 6.04 Å². The smallest absolute Gasteiger partial charge is 0.0538 e. The first kappa shape index (κ1) is 9.95. The van der Waals surface area contributed by atoms with E-state index >= 15 is 0 Å². The summed E-state index contributed by atoms with van der Waals surface area (Å²) in [7, 11) is 1.89. The van der Waals surface area contributed by atoms with E-state index in [1.165, 1.54) is 0 Å². The quantitative estimate of drug-likeness (QED) is 0.636. The maximum absolute atomic E-state index is 5.62. The first-order chi connectivity index (χ1) is 6.27. The highest BCUT2D eigenvalue weighted by Gasteiger charge is 2.08. The van der Waals surface area contributed by atoms with Gasteiger partial charge in [-0.25, -0.2) is 0 Å². The van der Waals surface area contributed by atoms with Crippen LogP contribution < -0.4 is 11.1 Å². The van der Waals surface area contributed by atoms with Crippen LogP contribution in [0, 0.1) is 0 Å². The maximum Gasteiger partial charge on any atom is 0.0538 e. The van der Waals surface area contributed by atoms with Gasteiger partial charge in [0.05, 0.1) is 6.20 Å². The topological polar surface area (TPSA) is 55.9 Å². The Labute approximate surface area is 78.4 Å². The normalized spacial score (nSPS) is 12.8. The van der Waals surface area contributed by atoms with E-state index in [9.17, 15) is 0 Å². The fourth-order valence-electron chi connectivity index (χ4n) is 1.18. The van der Waals surface area contributed by atoms with Gasteiger partial charge in [0.25, 0.3) is 0 Å². The zero-order valence-corrected chi connectivity index (χ0v) is 7.90. The monoisotopic (exact) mass is 180 g/mol. The van der Waals surface area contributed by atoms with Crippen molar-refractivity contribution in [3.63, 3.8) is 0 Å². The molecule has 0 saturated heterocycles. The van der Waals surface area contributed by atoms with Crippen LogP contribution in [0.1, 0.15) is 11.6 Å². The molecular weight excluding hydrogens is 164 g/mol. The van der Waals surface area contributed by atoms with Crippen molar-refractivity contribution in [1.82, 2.24) is 15.1 Å². The van der Waals surface area contributed by atoms with Gasteiger partial charge in [0.1, 0.15) is 0 Å². The molecule has 0 aromatic carbocycles. The highest BCUT2D eigenvalue weighted by molar-refractivity contribution is 5.10. The third-order valence-corrected chi connectivity index (χ3v) is 1.87. The van der Waals surface area contributed by atoms with Gasteiger partial charge in [0, 0.05) is 37.9 Å². The van der Waals surface area contributed by atoms with Gasteiger partial charge in [-0.3, -0.25) is 4.68 Å². The van der Waals surface area contributed by atoms with E-state index in [2.05, 4.69) is 17.0 Å². The lowest BCUT2D eigenvalue weighted by atomic mass is 10.1. The Kier molecular flexibility index (Phi) is 3.67. The van der Waals surface area contributed by atoms with E-state index < -0.39 is 0 Å². The molecule has 0 aliphatic rings. The number of nitrogens with two attached hydrogens (primary N) is 1. The van der Waals surface area contributed by atoms with E-state index in [0.717, 1.165) is 12.1 Å². The van der Waals surface area contributed by atoms with Gasteiger partial charge >= 0.3 is 0 Å². The number of nitrogens with zero attached hydrogens (tertiary/aromatic N) is 2. The second-order valence-electron chi connectivity index (χ2n) is 2.93. The highest BCUT2D eigenvalue weighted by atomic mass is 15.2. The van der Waals surface area contributed by atoms with Crippen molar-refractivity contribution in [2.75, 3.05) is 13.1 Å². The molecular formula is C9H16N4. The zero-order chi connectivity index (χ0) is 9.68. The molecule has 72 valence electrons. The minimum atomic E-state index is 0.173. The van der Waals surface area contributed by atoms with Crippen LogP contribution in [0.15, 0.2) is 25.0 Å². The first-order valence-corrected chi connectivity index (χ1v) is 4.30. The minimum absolute atomic E-state index is 0.173. The molecule has 4 heteroatoms. The van der Waals surface area contributed by atoms with Crippen molar-refractivity contribution in [1.29, 1.82) is 0 Å². The Morgan fingerprint density at radius 1 is 1.85 bits per heavy atom. The van der Waals surface area contributed by atoms with Crippen molar-refractivity contribution < 1.29 is 0 Å². The molecule has 1 aromatic rings. The second-order valence-corrected chi connectivity index (χ2v) is 2.93. The van der Waals surface area contributed by atoms with Crippen LogP contribution in [-0.4, -0.2) is 22.9 Å². The van der Waals surface area contributed by atoms with Crippen LogP contribution in [0.2, 0.25) is 0 Å². The Morgan fingerprint density at radius 3 is 3.08 bits per heavy atom. The number of aromatic nitrogens is 2. The van der Waals surface area contributed by atoms with Gasteiger partial charge in [-0.05, 0) is 0 Å². The number of rotatable bonds is 5. The molecule has 1 heterocycles. The van der Waals surface area contributed by atoms with Crippen LogP contribution in [-0.2, 0) is 7.05 Å². The predicted molar refractivity (Wildman–Crippen MR) is 53.2 cm³/mol. The van der Waals surface area contributed by atoms with E-state index in [4.69, 9.17) is 5.73 Å². The summed E-state index contributed by atoms with van der Waals surface area (Å²) in [5.74, 6) is 0. The van der Waals surface area contributed by atoms with Crippen LogP contribution >= 0.6 is 0 Å². The lowest BCUT2D eigenvalue weighted by Gasteiger charge is -2.13. The Morgan fingerprint density at radius 2 is 2.62 bits per heavy atom. The molecule has 1 rings (SSSR count). The molecule has 4 nitrogen and oxygen atoms in total. The standard InChI is InChI=1S/C9H16N4/c1-3-4-11-9(5-10)8-6-12-13(2)7-8/h3,6-7,9,11H,1,4-5,10H2,2H3. The van der Waals surface area contributed by atoms with Crippen LogP contribution in [0.5, 0.6) is 0 Å². The van der Waals surface area contributed by atoms with Gasteiger partial charge in [-0.15, -0.1) is 6.58 Å². The van der Waals surface area contributed by atoms with Gasteiger partial charge in [-0.1, -0.05) is 6.08 Å². The highest BCUT2D eigenvalue weighted by Crippen LogP contribution is 2.08. The van der Waals surface area contributed by atoms with E-state index in [1.807, 2.05) is 25.5 Å². The van der Waals surface area contributed by atoms with Gasteiger partial charge in [-0.2, -0.15) is 5.10 Å². The second kappa shape index (κ2) is 4.79. The SMILES string of the molecule is C=CCNC(CN)c1cnn(C)c1. The lowest BCUT2D eigenvalue weighted by molar-refractivity contribution is 0.577. The fraction of sp³-hybridized carbons (Fsp3) is 0.444. The molecule has 0 fully saturated rings. The predicted octanol–water partition coefficient (Wildman–Crippen LogP) is 0.196. The third-order valence-electron chi connectivity index (χ3n) is 1.87. The molecule has 1 unspecified atom stereocenters. The Hall–Kier alpha value is -1.13. The number of aryl methyl sites for hydroxylation is 1. The van der Waals surface area contributed by atoms with E-state index in [1.54, 1.807) is 4.68 Å². The van der Waals surface area contributed by atoms with Crippen molar-refractivity contribution in [2.24, 2.45) is 12.8 Å². The van der Waals surface area contributed by atoms with Crippen LogP contribution in [0.25, 0.3) is 0 Å². The largest absolute Gasteiger partial charge is 0.329 e. The molecule has 3 N–H and O–H groups in total. The van der Waals surface area contributed by atoms with Gasteiger partial charge < -0.3 is 11.1 Å². The summed E-state index contributed by atoms with van der Waals surface area (Å²) in [5, 5.41) is 7.34. The molecule has 1 atom stereocenters. The molecule has 0 radical (unpaired) electrons. The van der Waals surface area contributed by atoms with Crippen molar-refractivity contribution in [3.05, 3.63) is 30.6 Å². The molecule has 0 spiro atoms. The fourth-order valence-corrected chi connectivity index (χ4v) is 1.18. The molecule has 1 aromatic heterocycles. The summed E-state index contributed by atoms with van der Waals surface area (Å²) in [6.45, 7) is 4.97. The summed E-state index contributed by atoms with van der Waals surface area (Å²) in [5.41, 5.74) is 6.74. The molecule has 0 aliphatic carbocycles. The summed E-state index contributed by atoms with van der Waals surface area (Å²) in [6.07, 6.45) is 5.61. The molecule has 0 bridgehead atoms. The van der Waals surface area contributed by atoms with Gasteiger partial charge in [0.2, 0.25) is 0 Å². The van der Waals surface area contributed by atoms with Crippen molar-refractivity contribution >= 4 is 0 Å².